The van der Waals surface area contributed by atoms with E-state index >= 15 is 0 Å². The number of fused-ring (bicyclic) bond motifs is 1. The van der Waals surface area contributed by atoms with E-state index in [1.54, 1.807) is 28.5 Å². The molecule has 12 heteroatoms. The normalized spacial score (nSPS) is 11.8. The summed E-state index contributed by atoms with van der Waals surface area (Å²) in [4.78, 5) is 31.2. The van der Waals surface area contributed by atoms with Gasteiger partial charge in [-0.05, 0) is 63.3 Å². The first-order valence-electron chi connectivity index (χ1n) is 16.2. The fourth-order valence-electron chi connectivity index (χ4n) is 5.06. The fourth-order valence-corrected chi connectivity index (χ4v) is 5.06. The third-order valence-corrected chi connectivity index (χ3v) is 7.02. The summed E-state index contributed by atoms with van der Waals surface area (Å²) in [6, 6.07) is 11.0. The Hall–Kier alpha value is -4.45. The fraction of sp³-hybridized carbons (Fsp3) is 0.444. The van der Waals surface area contributed by atoms with Gasteiger partial charge in [0, 0.05) is 57.6 Å². The smallest absolute Gasteiger partial charge is 0.302 e. The second kappa shape index (κ2) is 20.7. The molecule has 1 aliphatic heterocycles. The van der Waals surface area contributed by atoms with Crippen LogP contribution in [0.4, 0.5) is 24.7 Å². The Morgan fingerprint density at radius 1 is 0.917 bits per heavy atom. The molecule has 0 aliphatic carbocycles. The summed E-state index contributed by atoms with van der Waals surface area (Å²) in [5.74, 6) is -3.99. The average molecular weight is 674 g/mol. The first-order chi connectivity index (χ1) is 23.0. The first kappa shape index (κ1) is 41.6. The number of hydrogen-bond donors (Lipinski definition) is 1. The van der Waals surface area contributed by atoms with Gasteiger partial charge in [0.15, 0.2) is 28.8 Å². The van der Waals surface area contributed by atoms with Crippen LogP contribution in [-0.2, 0) is 9.53 Å². The van der Waals surface area contributed by atoms with Crippen molar-refractivity contribution in [3.8, 4) is 11.3 Å². The quantitative estimate of drug-likeness (QED) is 0.169. The Morgan fingerprint density at radius 3 is 1.94 bits per heavy atom. The second-order valence-electron chi connectivity index (χ2n) is 10.1. The predicted octanol–water partition coefficient (Wildman–Crippen LogP) is 8.05. The summed E-state index contributed by atoms with van der Waals surface area (Å²) in [5, 5.41) is 11.6. The van der Waals surface area contributed by atoms with Crippen LogP contribution in [0.25, 0.3) is 16.9 Å². The van der Waals surface area contributed by atoms with Crippen molar-refractivity contribution in [2.24, 2.45) is 0 Å². The van der Waals surface area contributed by atoms with Crippen molar-refractivity contribution >= 4 is 29.0 Å². The zero-order valence-corrected chi connectivity index (χ0v) is 29.8. The number of likely N-dealkylation sites (tertiary alicyclic amines) is 1. The van der Waals surface area contributed by atoms with Crippen molar-refractivity contribution in [2.75, 3.05) is 38.8 Å². The summed E-state index contributed by atoms with van der Waals surface area (Å²) in [7, 11) is 2.85. The molecule has 5 rings (SSSR count). The molecule has 1 aliphatic rings. The third-order valence-electron chi connectivity index (χ3n) is 7.02. The number of anilines is 2. The summed E-state index contributed by atoms with van der Waals surface area (Å²) >= 11 is 0. The lowest BCUT2D eigenvalue weighted by Crippen LogP contribution is -2.35. The van der Waals surface area contributed by atoms with Crippen LogP contribution in [0.2, 0.25) is 0 Å². The topological polar surface area (TPSA) is 100 Å². The van der Waals surface area contributed by atoms with Crippen LogP contribution in [0.1, 0.15) is 82.4 Å². The number of piperidine rings is 1. The van der Waals surface area contributed by atoms with Crippen LogP contribution in [0.3, 0.4) is 0 Å². The number of para-hydroxylation sites is 1. The van der Waals surface area contributed by atoms with Gasteiger partial charge in [-0.1, -0.05) is 45.9 Å². The zero-order chi connectivity index (χ0) is 36.6. The van der Waals surface area contributed by atoms with Crippen molar-refractivity contribution in [2.45, 2.75) is 74.7 Å². The van der Waals surface area contributed by atoms with Gasteiger partial charge in [-0.3, -0.25) is 9.59 Å². The zero-order valence-electron chi connectivity index (χ0n) is 29.8. The van der Waals surface area contributed by atoms with Gasteiger partial charge in [-0.2, -0.15) is 9.61 Å². The molecule has 1 N–H and O–H groups in total. The number of amides is 1. The highest BCUT2D eigenvalue weighted by Gasteiger charge is 2.24. The number of esters is 1. The minimum atomic E-state index is -1.54. The minimum Gasteiger partial charge on any atom is -0.466 e. The van der Waals surface area contributed by atoms with Crippen LogP contribution in [0.15, 0.2) is 42.5 Å². The number of aryl methyl sites for hydroxylation is 2. The van der Waals surface area contributed by atoms with Crippen molar-refractivity contribution in [1.29, 1.82) is 0 Å². The number of carbonyl (C=O) groups is 2. The lowest BCUT2D eigenvalue weighted by atomic mass is 10.1. The van der Waals surface area contributed by atoms with E-state index in [4.69, 9.17) is 5.11 Å². The average Bonchev–Trinajstić information content (AvgIpc) is 3.54. The molecule has 1 fully saturated rings. The third kappa shape index (κ3) is 10.5. The molecule has 1 amide bonds. The molecule has 0 bridgehead atoms. The van der Waals surface area contributed by atoms with Crippen LogP contribution < -0.4 is 4.90 Å². The summed E-state index contributed by atoms with van der Waals surface area (Å²) in [6.07, 6.45) is 2.99. The molecule has 0 spiro atoms. The molecular formula is C36H50F3N5O4. The highest BCUT2D eigenvalue weighted by Crippen LogP contribution is 2.33. The number of aliphatic hydroxyl groups excluding tert-OH is 1. The molecule has 9 nitrogen and oxygen atoms in total. The van der Waals surface area contributed by atoms with Gasteiger partial charge in [0.05, 0.1) is 12.3 Å². The van der Waals surface area contributed by atoms with Crippen LogP contribution in [-0.4, -0.2) is 70.3 Å². The lowest BCUT2D eigenvalue weighted by Gasteiger charge is -2.26. The monoisotopic (exact) mass is 673 g/mol. The molecule has 0 unspecified atom stereocenters. The van der Waals surface area contributed by atoms with Crippen molar-refractivity contribution < 1.29 is 32.6 Å². The van der Waals surface area contributed by atoms with Crippen molar-refractivity contribution in [3.05, 3.63) is 76.7 Å². The molecule has 264 valence electrons. The van der Waals surface area contributed by atoms with Crippen molar-refractivity contribution in [3.63, 3.8) is 0 Å². The van der Waals surface area contributed by atoms with Gasteiger partial charge < -0.3 is 19.6 Å². The van der Waals surface area contributed by atoms with E-state index in [0.29, 0.717) is 31.2 Å². The standard InChI is InChI=1S/C27H26F3N5O.C4H8O2.2C2H6.CH4O/c1-16-8-7-9-17(2)26(16)33(3)24-15-21(18-12-19(28)25(30)20(29)13-18)31-23-14-22(32-35(23)24)27(36)34-10-5-4-6-11-34;1-3-6-4(2)5;3*1-2/h7-9,12-15H,4-6,10-11H2,1-3H3;3H2,1-2H3;2*1-2H3;2H,1H3. The molecule has 4 aromatic rings. The number of nitrogens with zero attached hydrogens (tertiary/aromatic N) is 5. The molecule has 2 aromatic carbocycles. The SMILES string of the molecule is CC.CC.CCOC(C)=O.CO.Cc1cccc(C)c1N(C)c1cc(-c2cc(F)c(F)c(F)c2)nc2cc(C(=O)N3CCCCC3)nn12. The Bertz CT molecular complexity index is 1580. The Kier molecular flexibility index (Phi) is 17.9. The summed E-state index contributed by atoms with van der Waals surface area (Å²) in [6.45, 7) is 17.0. The van der Waals surface area contributed by atoms with E-state index in [9.17, 15) is 22.8 Å². The molecule has 0 radical (unpaired) electrons. The molecule has 0 atom stereocenters. The number of carbonyl (C=O) groups excluding carboxylic acids is 2. The maximum atomic E-state index is 14.1. The maximum absolute atomic E-state index is 14.1. The minimum absolute atomic E-state index is 0.0789. The molecule has 1 saturated heterocycles. The Balaban J connectivity index is 0.000000844. The van der Waals surface area contributed by atoms with E-state index in [-0.39, 0.29) is 28.8 Å². The largest absolute Gasteiger partial charge is 0.466 e. The number of rotatable bonds is 5. The van der Waals surface area contributed by atoms with E-state index in [2.05, 4.69) is 14.8 Å². The van der Waals surface area contributed by atoms with Gasteiger partial charge in [0.2, 0.25) is 0 Å². The van der Waals surface area contributed by atoms with Gasteiger partial charge in [-0.15, -0.1) is 0 Å². The van der Waals surface area contributed by atoms with Gasteiger partial charge >= 0.3 is 5.97 Å². The number of aliphatic hydroxyl groups is 1. The van der Waals surface area contributed by atoms with Crippen LogP contribution >= 0.6 is 0 Å². The van der Waals surface area contributed by atoms with E-state index in [0.717, 1.165) is 55.3 Å². The van der Waals surface area contributed by atoms with E-state index < -0.39 is 17.5 Å². The van der Waals surface area contributed by atoms with Gasteiger partial charge in [0.1, 0.15) is 5.82 Å². The highest BCUT2D eigenvalue weighted by atomic mass is 19.2. The maximum Gasteiger partial charge on any atom is 0.302 e. The number of halogens is 3. The predicted molar refractivity (Wildman–Crippen MR) is 185 cm³/mol. The summed E-state index contributed by atoms with van der Waals surface area (Å²) in [5.41, 5.74) is 3.84. The Labute approximate surface area is 282 Å². The summed E-state index contributed by atoms with van der Waals surface area (Å²) < 4.78 is 47.7. The molecule has 48 heavy (non-hydrogen) atoms. The van der Waals surface area contributed by atoms with Crippen LogP contribution in [0.5, 0.6) is 0 Å². The Morgan fingerprint density at radius 2 is 1.46 bits per heavy atom. The number of ether oxygens (including phenoxy) is 1. The number of hydrogen-bond acceptors (Lipinski definition) is 7. The van der Waals surface area contributed by atoms with Crippen LogP contribution in [0, 0.1) is 31.3 Å². The second-order valence-corrected chi connectivity index (χ2v) is 10.1. The molecule has 3 heterocycles. The van der Waals surface area contributed by atoms with Crippen molar-refractivity contribution in [1.82, 2.24) is 19.5 Å². The number of benzene rings is 2. The van der Waals surface area contributed by atoms with E-state index in [1.165, 1.54) is 6.92 Å². The first-order valence-corrected chi connectivity index (χ1v) is 16.2. The van der Waals surface area contributed by atoms with Gasteiger partial charge in [0.25, 0.3) is 5.91 Å². The molecular weight excluding hydrogens is 623 g/mol. The van der Waals surface area contributed by atoms with E-state index in [1.807, 2.05) is 71.7 Å². The molecule has 0 saturated carbocycles. The highest BCUT2D eigenvalue weighted by molar-refractivity contribution is 5.93. The number of aromatic nitrogens is 3. The van der Waals surface area contributed by atoms with Gasteiger partial charge in [-0.25, -0.2) is 18.2 Å². The molecule has 2 aromatic heterocycles. The lowest BCUT2D eigenvalue weighted by molar-refractivity contribution is -0.140.